The van der Waals surface area contributed by atoms with E-state index < -0.39 is 10.0 Å². The molecule has 0 spiro atoms. The molecule has 112 valence electrons. The fourth-order valence-electron chi connectivity index (χ4n) is 2.34. The summed E-state index contributed by atoms with van der Waals surface area (Å²) in [5.74, 6) is 0.709. The third-order valence-electron chi connectivity index (χ3n) is 3.48. The van der Waals surface area contributed by atoms with Gasteiger partial charge in [0.2, 0.25) is 10.0 Å². The Balaban J connectivity index is 2.10. The number of sulfonamides is 1. The molecule has 1 fully saturated rings. The lowest BCUT2D eigenvalue weighted by Crippen LogP contribution is -2.33. The molecule has 1 aliphatic rings. The average molecular weight is 296 g/mol. The SMILES string of the molecule is CCCNc1ccccc1S(=O)(=O)NC(C)CC1CC1. The first kappa shape index (κ1) is 15.3. The normalized spacial score (nSPS) is 16.9. The molecule has 1 aromatic rings. The molecule has 0 saturated heterocycles. The highest BCUT2D eigenvalue weighted by Gasteiger charge is 2.27. The third-order valence-corrected chi connectivity index (χ3v) is 5.13. The summed E-state index contributed by atoms with van der Waals surface area (Å²) in [6.07, 6.45) is 4.37. The van der Waals surface area contributed by atoms with Gasteiger partial charge in [0.1, 0.15) is 4.90 Å². The van der Waals surface area contributed by atoms with Gasteiger partial charge < -0.3 is 5.32 Å². The molecule has 1 aliphatic carbocycles. The van der Waals surface area contributed by atoms with Gasteiger partial charge in [-0.15, -0.1) is 0 Å². The standard InChI is InChI=1S/C15H24N2O2S/c1-3-10-16-14-6-4-5-7-15(14)20(18,19)17-12(2)11-13-8-9-13/h4-7,12-13,16-17H,3,8-11H2,1-2H3. The lowest BCUT2D eigenvalue weighted by Gasteiger charge is -2.16. The predicted molar refractivity (Wildman–Crippen MR) is 82.3 cm³/mol. The van der Waals surface area contributed by atoms with E-state index in [0.717, 1.165) is 19.4 Å². The molecule has 20 heavy (non-hydrogen) atoms. The van der Waals surface area contributed by atoms with Gasteiger partial charge in [0.15, 0.2) is 0 Å². The first-order valence-electron chi connectivity index (χ1n) is 7.38. The molecule has 0 bridgehead atoms. The Morgan fingerprint density at radius 1 is 1.30 bits per heavy atom. The Labute approximate surface area is 122 Å². The number of rotatable bonds is 8. The molecule has 0 radical (unpaired) electrons. The second-order valence-electron chi connectivity index (χ2n) is 5.62. The van der Waals surface area contributed by atoms with Gasteiger partial charge in [-0.25, -0.2) is 13.1 Å². The Hall–Kier alpha value is -1.07. The van der Waals surface area contributed by atoms with Crippen LogP contribution in [-0.2, 0) is 10.0 Å². The maximum atomic E-state index is 12.5. The van der Waals surface area contributed by atoms with Crippen molar-refractivity contribution >= 4 is 15.7 Å². The van der Waals surface area contributed by atoms with E-state index in [-0.39, 0.29) is 6.04 Å². The van der Waals surface area contributed by atoms with E-state index in [1.807, 2.05) is 19.1 Å². The molecule has 5 heteroatoms. The van der Waals surface area contributed by atoms with Gasteiger partial charge in [-0.2, -0.15) is 0 Å². The molecule has 1 unspecified atom stereocenters. The first-order chi connectivity index (χ1) is 9.53. The van der Waals surface area contributed by atoms with Gasteiger partial charge in [-0.3, -0.25) is 0 Å². The van der Waals surface area contributed by atoms with Gasteiger partial charge in [0.25, 0.3) is 0 Å². The summed E-state index contributed by atoms with van der Waals surface area (Å²) in [6.45, 7) is 4.77. The van der Waals surface area contributed by atoms with Gasteiger partial charge in [-0.1, -0.05) is 31.9 Å². The van der Waals surface area contributed by atoms with Gasteiger partial charge in [-0.05, 0) is 37.8 Å². The molecule has 0 aromatic heterocycles. The summed E-state index contributed by atoms with van der Waals surface area (Å²) in [7, 11) is -3.45. The van der Waals surface area contributed by atoms with Crippen molar-refractivity contribution in [3.8, 4) is 0 Å². The van der Waals surface area contributed by atoms with Crippen molar-refractivity contribution in [1.29, 1.82) is 0 Å². The molecule has 1 saturated carbocycles. The molecule has 2 N–H and O–H groups in total. The van der Waals surface area contributed by atoms with Crippen LogP contribution in [-0.4, -0.2) is 21.0 Å². The molecule has 4 nitrogen and oxygen atoms in total. The monoisotopic (exact) mass is 296 g/mol. The summed E-state index contributed by atoms with van der Waals surface area (Å²) in [5.41, 5.74) is 0.681. The maximum Gasteiger partial charge on any atom is 0.242 e. The van der Waals surface area contributed by atoms with Crippen molar-refractivity contribution in [3.63, 3.8) is 0 Å². The minimum Gasteiger partial charge on any atom is -0.384 e. The van der Waals surface area contributed by atoms with Gasteiger partial charge in [0, 0.05) is 12.6 Å². The van der Waals surface area contributed by atoms with Crippen molar-refractivity contribution in [1.82, 2.24) is 4.72 Å². The average Bonchev–Trinajstić information content (AvgIpc) is 3.19. The minimum atomic E-state index is -3.45. The molecular formula is C15H24N2O2S. The number of hydrogen-bond donors (Lipinski definition) is 2. The lowest BCUT2D eigenvalue weighted by molar-refractivity contribution is 0.530. The minimum absolute atomic E-state index is 0.00766. The molecule has 0 heterocycles. The van der Waals surface area contributed by atoms with E-state index in [1.165, 1.54) is 12.8 Å². The Morgan fingerprint density at radius 3 is 2.65 bits per heavy atom. The van der Waals surface area contributed by atoms with Crippen molar-refractivity contribution < 1.29 is 8.42 Å². The van der Waals surface area contributed by atoms with Crippen molar-refractivity contribution in [3.05, 3.63) is 24.3 Å². The predicted octanol–water partition coefficient (Wildman–Crippen LogP) is 2.98. The number of anilines is 1. The fourth-order valence-corrected chi connectivity index (χ4v) is 3.78. The summed E-state index contributed by atoms with van der Waals surface area (Å²) < 4.78 is 27.7. The highest BCUT2D eigenvalue weighted by Crippen LogP contribution is 2.33. The number of benzene rings is 1. The van der Waals surface area contributed by atoms with Crippen LogP contribution in [0.2, 0.25) is 0 Å². The van der Waals surface area contributed by atoms with Crippen molar-refractivity contribution in [2.45, 2.75) is 50.5 Å². The molecule has 1 atom stereocenters. The Bertz CT molecular complexity index is 539. The molecule has 0 amide bonds. The summed E-state index contributed by atoms with van der Waals surface area (Å²) in [6, 6.07) is 7.08. The molecule has 1 aromatic carbocycles. The van der Waals surface area contributed by atoms with Crippen LogP contribution in [0.3, 0.4) is 0 Å². The van der Waals surface area contributed by atoms with E-state index in [9.17, 15) is 8.42 Å². The lowest BCUT2D eigenvalue weighted by atomic mass is 10.2. The zero-order valence-corrected chi connectivity index (χ0v) is 13.0. The second kappa shape index (κ2) is 6.59. The topological polar surface area (TPSA) is 58.2 Å². The summed E-state index contributed by atoms with van der Waals surface area (Å²) in [4.78, 5) is 0.344. The van der Waals surface area contributed by atoms with Crippen LogP contribution in [0.25, 0.3) is 0 Å². The highest BCUT2D eigenvalue weighted by atomic mass is 32.2. The van der Waals surface area contributed by atoms with E-state index in [2.05, 4.69) is 17.0 Å². The molecule has 0 aliphatic heterocycles. The zero-order chi connectivity index (χ0) is 14.6. The van der Waals surface area contributed by atoms with Gasteiger partial charge in [0.05, 0.1) is 5.69 Å². The highest BCUT2D eigenvalue weighted by molar-refractivity contribution is 7.89. The van der Waals surface area contributed by atoms with E-state index >= 15 is 0 Å². The zero-order valence-electron chi connectivity index (χ0n) is 12.2. The first-order valence-corrected chi connectivity index (χ1v) is 8.86. The van der Waals surface area contributed by atoms with Crippen molar-refractivity contribution in [2.24, 2.45) is 5.92 Å². The van der Waals surface area contributed by atoms with Crippen LogP contribution in [0.1, 0.15) is 39.5 Å². The van der Waals surface area contributed by atoms with E-state index in [1.54, 1.807) is 12.1 Å². The number of hydrogen-bond acceptors (Lipinski definition) is 3. The second-order valence-corrected chi connectivity index (χ2v) is 7.31. The van der Waals surface area contributed by atoms with Crippen molar-refractivity contribution in [2.75, 3.05) is 11.9 Å². The Morgan fingerprint density at radius 2 is 2.00 bits per heavy atom. The third kappa shape index (κ3) is 4.21. The van der Waals surface area contributed by atoms with Crippen LogP contribution in [0.4, 0.5) is 5.69 Å². The van der Waals surface area contributed by atoms with E-state index in [0.29, 0.717) is 16.5 Å². The van der Waals surface area contributed by atoms with Crippen LogP contribution in [0.5, 0.6) is 0 Å². The number of para-hydroxylation sites is 1. The summed E-state index contributed by atoms with van der Waals surface area (Å²) >= 11 is 0. The van der Waals surface area contributed by atoms with Crippen LogP contribution < -0.4 is 10.0 Å². The smallest absolute Gasteiger partial charge is 0.242 e. The van der Waals surface area contributed by atoms with Crippen LogP contribution in [0.15, 0.2) is 29.2 Å². The van der Waals surface area contributed by atoms with Gasteiger partial charge >= 0.3 is 0 Å². The number of nitrogens with one attached hydrogen (secondary N) is 2. The summed E-state index contributed by atoms with van der Waals surface area (Å²) in [5, 5.41) is 3.18. The molecule has 2 rings (SSSR count). The maximum absolute atomic E-state index is 12.5. The van der Waals surface area contributed by atoms with Crippen LogP contribution >= 0.6 is 0 Å². The van der Waals surface area contributed by atoms with Crippen LogP contribution in [0, 0.1) is 5.92 Å². The fraction of sp³-hybridized carbons (Fsp3) is 0.600. The van der Waals surface area contributed by atoms with E-state index in [4.69, 9.17) is 0 Å². The largest absolute Gasteiger partial charge is 0.384 e. The quantitative estimate of drug-likeness (QED) is 0.775. The Kier molecular flexibility index (Phi) is 5.05. The molecular weight excluding hydrogens is 272 g/mol.